The van der Waals surface area contributed by atoms with Crippen molar-refractivity contribution < 1.29 is 14.7 Å². The van der Waals surface area contributed by atoms with Crippen molar-refractivity contribution in [2.75, 3.05) is 5.32 Å². The van der Waals surface area contributed by atoms with Crippen LogP contribution in [0.3, 0.4) is 0 Å². The molecule has 1 atom stereocenters. The average molecular weight is 292 g/mol. The van der Waals surface area contributed by atoms with E-state index in [0.29, 0.717) is 12.1 Å². The third-order valence-electron chi connectivity index (χ3n) is 3.14. The summed E-state index contributed by atoms with van der Waals surface area (Å²) in [4.78, 5) is 23.2. The van der Waals surface area contributed by atoms with Crippen LogP contribution in [0, 0.1) is 5.92 Å². The zero-order valence-electron chi connectivity index (χ0n) is 13.0. The van der Waals surface area contributed by atoms with Gasteiger partial charge in [-0.2, -0.15) is 0 Å². The fourth-order valence-corrected chi connectivity index (χ4v) is 2.12. The number of rotatable bonds is 6. The molecule has 0 aliphatic heterocycles. The summed E-state index contributed by atoms with van der Waals surface area (Å²) in [7, 11) is 0. The lowest BCUT2D eigenvalue weighted by atomic mass is 10.0. The second kappa shape index (κ2) is 7.67. The molecule has 0 aromatic heterocycles. The summed E-state index contributed by atoms with van der Waals surface area (Å²) >= 11 is 0. The van der Waals surface area contributed by atoms with Crippen LogP contribution in [0.5, 0.6) is 0 Å². The Bertz CT molecular complexity index is 498. The van der Waals surface area contributed by atoms with Crippen molar-refractivity contribution >= 4 is 17.7 Å². The van der Waals surface area contributed by atoms with Crippen molar-refractivity contribution in [1.29, 1.82) is 0 Å². The van der Waals surface area contributed by atoms with Gasteiger partial charge in [-0.3, -0.25) is 0 Å². The van der Waals surface area contributed by atoms with Gasteiger partial charge in [-0.15, -0.1) is 0 Å². The van der Waals surface area contributed by atoms with Gasteiger partial charge in [-0.25, -0.2) is 9.59 Å². The molecule has 0 saturated heterocycles. The monoisotopic (exact) mass is 292 g/mol. The zero-order valence-corrected chi connectivity index (χ0v) is 13.0. The first-order valence-corrected chi connectivity index (χ1v) is 7.20. The molecule has 1 rings (SSSR count). The molecular weight excluding hydrogens is 268 g/mol. The molecule has 0 saturated carbocycles. The first-order valence-electron chi connectivity index (χ1n) is 7.20. The number of carbonyl (C=O) groups excluding carboxylic acids is 1. The third kappa shape index (κ3) is 5.45. The first-order chi connectivity index (χ1) is 9.81. The van der Waals surface area contributed by atoms with Gasteiger partial charge in [0.15, 0.2) is 0 Å². The van der Waals surface area contributed by atoms with Crippen molar-refractivity contribution in [2.24, 2.45) is 5.92 Å². The number of carbonyl (C=O) groups is 2. The molecule has 3 N–H and O–H groups in total. The number of amides is 2. The second-order valence-corrected chi connectivity index (χ2v) is 5.86. The number of aliphatic carboxylic acids is 1. The van der Waals surface area contributed by atoms with Crippen LogP contribution < -0.4 is 10.6 Å². The summed E-state index contributed by atoms with van der Waals surface area (Å²) in [5.41, 5.74) is 1.72. The van der Waals surface area contributed by atoms with Gasteiger partial charge in [0.25, 0.3) is 0 Å². The van der Waals surface area contributed by atoms with Gasteiger partial charge in [0.05, 0.1) is 0 Å². The minimum absolute atomic E-state index is 0.189. The number of carboxylic acid groups (broad SMARTS) is 1. The molecule has 0 spiro atoms. The van der Waals surface area contributed by atoms with Gasteiger partial charge in [0, 0.05) is 5.69 Å². The van der Waals surface area contributed by atoms with E-state index in [1.807, 2.05) is 52.0 Å². The van der Waals surface area contributed by atoms with E-state index in [-0.39, 0.29) is 11.8 Å². The van der Waals surface area contributed by atoms with Gasteiger partial charge >= 0.3 is 12.0 Å². The van der Waals surface area contributed by atoms with Gasteiger partial charge in [-0.1, -0.05) is 45.9 Å². The molecule has 5 nitrogen and oxygen atoms in total. The van der Waals surface area contributed by atoms with E-state index in [9.17, 15) is 9.59 Å². The maximum absolute atomic E-state index is 12.0. The molecule has 5 heteroatoms. The van der Waals surface area contributed by atoms with Crippen molar-refractivity contribution in [1.82, 2.24) is 5.32 Å². The van der Waals surface area contributed by atoms with Crippen LogP contribution in [0.4, 0.5) is 10.5 Å². The zero-order chi connectivity index (χ0) is 16.0. The van der Waals surface area contributed by atoms with Crippen LogP contribution in [0.1, 0.15) is 45.6 Å². The minimum Gasteiger partial charge on any atom is -0.480 e. The number of para-hydroxylation sites is 1. The Morgan fingerprint density at radius 2 is 1.76 bits per heavy atom. The summed E-state index contributed by atoms with van der Waals surface area (Å²) in [6.07, 6.45) is 0.397. The lowest BCUT2D eigenvalue weighted by molar-refractivity contribution is -0.139. The summed E-state index contributed by atoms with van der Waals surface area (Å²) < 4.78 is 0. The summed E-state index contributed by atoms with van der Waals surface area (Å²) in [5.74, 6) is -0.558. The highest BCUT2D eigenvalue weighted by Gasteiger charge is 2.21. The molecule has 1 aromatic carbocycles. The summed E-state index contributed by atoms with van der Waals surface area (Å²) in [6, 6.07) is 6.14. The van der Waals surface area contributed by atoms with E-state index >= 15 is 0 Å². The molecular formula is C16H24N2O3. The first kappa shape index (κ1) is 17.0. The Hall–Kier alpha value is -2.04. The highest BCUT2D eigenvalue weighted by Crippen LogP contribution is 2.23. The Labute approximate surface area is 125 Å². The van der Waals surface area contributed by atoms with Crippen LogP contribution >= 0.6 is 0 Å². The molecule has 0 unspecified atom stereocenters. The fraction of sp³-hybridized carbons (Fsp3) is 0.500. The molecule has 0 radical (unpaired) electrons. The summed E-state index contributed by atoms with van der Waals surface area (Å²) in [6.45, 7) is 7.92. The van der Waals surface area contributed by atoms with Gasteiger partial charge < -0.3 is 15.7 Å². The maximum atomic E-state index is 12.0. The lowest BCUT2D eigenvalue weighted by Crippen LogP contribution is -2.43. The van der Waals surface area contributed by atoms with Crippen LogP contribution in [-0.4, -0.2) is 23.1 Å². The number of urea groups is 1. The van der Waals surface area contributed by atoms with Crippen LogP contribution in [0.15, 0.2) is 24.3 Å². The van der Waals surface area contributed by atoms with E-state index in [4.69, 9.17) is 5.11 Å². The Morgan fingerprint density at radius 1 is 1.14 bits per heavy atom. The van der Waals surface area contributed by atoms with E-state index < -0.39 is 18.0 Å². The number of hydrogen-bond acceptors (Lipinski definition) is 2. The predicted molar refractivity (Wildman–Crippen MR) is 83.6 cm³/mol. The number of carboxylic acids is 1. The SMILES string of the molecule is CC(C)C[C@H](NC(=O)Nc1ccccc1C(C)C)C(=O)O. The van der Waals surface area contributed by atoms with Gasteiger partial charge in [0.1, 0.15) is 6.04 Å². The normalized spacial score (nSPS) is 12.3. The van der Waals surface area contributed by atoms with Crippen molar-refractivity contribution in [2.45, 2.75) is 46.1 Å². The van der Waals surface area contributed by atoms with Gasteiger partial charge in [0.2, 0.25) is 0 Å². The number of anilines is 1. The van der Waals surface area contributed by atoms with Crippen molar-refractivity contribution in [3.8, 4) is 0 Å². The van der Waals surface area contributed by atoms with E-state index in [2.05, 4.69) is 10.6 Å². The molecule has 116 valence electrons. The average Bonchev–Trinajstić information content (AvgIpc) is 2.37. The number of nitrogens with one attached hydrogen (secondary N) is 2. The highest BCUT2D eigenvalue weighted by molar-refractivity contribution is 5.93. The highest BCUT2D eigenvalue weighted by atomic mass is 16.4. The van der Waals surface area contributed by atoms with Gasteiger partial charge in [-0.05, 0) is 29.9 Å². The van der Waals surface area contributed by atoms with E-state index in [0.717, 1.165) is 5.56 Å². The molecule has 0 bridgehead atoms. The number of benzene rings is 1. The standard InChI is InChI=1S/C16H24N2O3/c1-10(2)9-14(15(19)20)18-16(21)17-13-8-6-5-7-12(13)11(3)4/h5-8,10-11,14H,9H2,1-4H3,(H,19,20)(H2,17,18,21)/t14-/m0/s1. The van der Waals surface area contributed by atoms with Crippen molar-refractivity contribution in [3.63, 3.8) is 0 Å². The lowest BCUT2D eigenvalue weighted by Gasteiger charge is -2.18. The quantitative estimate of drug-likeness (QED) is 0.751. The minimum atomic E-state index is -1.02. The fourth-order valence-electron chi connectivity index (χ4n) is 2.12. The van der Waals surface area contributed by atoms with Crippen LogP contribution in [0.25, 0.3) is 0 Å². The predicted octanol–water partition coefficient (Wildman–Crippen LogP) is 3.43. The molecule has 1 aromatic rings. The molecule has 0 heterocycles. The summed E-state index contributed by atoms with van der Waals surface area (Å²) in [5, 5.41) is 14.4. The topological polar surface area (TPSA) is 78.4 Å². The third-order valence-corrected chi connectivity index (χ3v) is 3.14. The molecule has 2 amide bonds. The molecule has 0 fully saturated rings. The largest absolute Gasteiger partial charge is 0.480 e. The maximum Gasteiger partial charge on any atom is 0.326 e. The Balaban J connectivity index is 2.75. The van der Waals surface area contributed by atoms with E-state index in [1.165, 1.54) is 0 Å². The number of hydrogen-bond donors (Lipinski definition) is 3. The van der Waals surface area contributed by atoms with Crippen molar-refractivity contribution in [3.05, 3.63) is 29.8 Å². The Kier molecular flexibility index (Phi) is 6.21. The van der Waals surface area contributed by atoms with E-state index in [1.54, 1.807) is 0 Å². The Morgan fingerprint density at radius 3 is 2.29 bits per heavy atom. The molecule has 0 aliphatic carbocycles. The smallest absolute Gasteiger partial charge is 0.326 e. The molecule has 0 aliphatic rings. The molecule has 21 heavy (non-hydrogen) atoms. The second-order valence-electron chi connectivity index (χ2n) is 5.86. The van der Waals surface area contributed by atoms with Crippen LogP contribution in [0.2, 0.25) is 0 Å². The van der Waals surface area contributed by atoms with Crippen LogP contribution in [-0.2, 0) is 4.79 Å².